The zero-order valence-corrected chi connectivity index (χ0v) is 14.4. The lowest BCUT2D eigenvalue weighted by atomic mass is 10.0. The van der Waals surface area contributed by atoms with E-state index < -0.39 is 11.7 Å². The van der Waals surface area contributed by atoms with Crippen molar-refractivity contribution in [2.75, 3.05) is 5.73 Å². The van der Waals surface area contributed by atoms with Crippen LogP contribution in [0.1, 0.15) is 21.5 Å². The van der Waals surface area contributed by atoms with Gasteiger partial charge < -0.3 is 5.73 Å². The number of aromatic nitrogens is 2. The lowest BCUT2D eigenvalue weighted by molar-refractivity contribution is -0.137. The number of nitrogens with zero attached hydrogens (tertiary/aromatic N) is 2. The molecule has 0 spiro atoms. The number of ketones is 1. The topological polar surface area (TPSA) is 60.4 Å². The van der Waals surface area contributed by atoms with Gasteiger partial charge in [0.25, 0.3) is 0 Å². The van der Waals surface area contributed by atoms with E-state index in [1.54, 1.807) is 42.5 Å². The molecule has 2 aromatic carbocycles. The summed E-state index contributed by atoms with van der Waals surface area (Å²) in [6, 6.07) is 16.9. The van der Waals surface area contributed by atoms with Crippen LogP contribution < -0.4 is 5.73 Å². The van der Waals surface area contributed by atoms with Gasteiger partial charge in [0.05, 0.1) is 11.3 Å². The zero-order chi connectivity index (χ0) is 19.9. The van der Waals surface area contributed by atoms with Gasteiger partial charge in [-0.3, -0.25) is 9.20 Å². The molecule has 0 aliphatic carbocycles. The van der Waals surface area contributed by atoms with Crippen molar-refractivity contribution in [1.82, 2.24) is 9.38 Å². The summed E-state index contributed by atoms with van der Waals surface area (Å²) in [5.74, 6) is -0.286. The summed E-state index contributed by atoms with van der Waals surface area (Å²) in [6.07, 6.45) is -3.08. The van der Waals surface area contributed by atoms with Crippen molar-refractivity contribution in [2.45, 2.75) is 6.18 Å². The van der Waals surface area contributed by atoms with Crippen molar-refractivity contribution in [1.29, 1.82) is 0 Å². The number of benzene rings is 2. The molecule has 0 bridgehead atoms. The molecule has 2 aromatic heterocycles. The van der Waals surface area contributed by atoms with E-state index in [1.165, 1.54) is 28.8 Å². The molecule has 0 aliphatic rings. The Kier molecular flexibility index (Phi) is 4.15. The molecule has 7 heteroatoms. The third-order valence-corrected chi connectivity index (χ3v) is 4.43. The van der Waals surface area contributed by atoms with Gasteiger partial charge in [0.15, 0.2) is 11.6 Å². The number of anilines is 1. The summed E-state index contributed by atoms with van der Waals surface area (Å²) < 4.78 is 41.9. The van der Waals surface area contributed by atoms with Crippen LogP contribution in [0.5, 0.6) is 0 Å². The number of carbonyl (C=O) groups is 1. The highest BCUT2D eigenvalue weighted by molar-refractivity contribution is 6.09. The molecule has 0 atom stereocenters. The zero-order valence-electron chi connectivity index (χ0n) is 14.4. The number of pyridine rings is 1. The number of rotatable bonds is 3. The Bertz CT molecular complexity index is 1180. The number of nitrogens with two attached hydrogens (primary N) is 1. The molecule has 0 radical (unpaired) electrons. The molecule has 0 amide bonds. The van der Waals surface area contributed by atoms with Gasteiger partial charge in [0.1, 0.15) is 5.65 Å². The fourth-order valence-electron chi connectivity index (χ4n) is 3.16. The van der Waals surface area contributed by atoms with Crippen molar-refractivity contribution >= 4 is 17.2 Å². The quantitative estimate of drug-likeness (QED) is 0.517. The monoisotopic (exact) mass is 381 g/mol. The van der Waals surface area contributed by atoms with Gasteiger partial charge in [-0.05, 0) is 18.2 Å². The maximum Gasteiger partial charge on any atom is 0.417 e. The first kappa shape index (κ1) is 17.8. The minimum atomic E-state index is -4.55. The second kappa shape index (κ2) is 6.53. The molecule has 0 fully saturated rings. The predicted octanol–water partition coefficient (Wildman–Crippen LogP) is 4.83. The van der Waals surface area contributed by atoms with Crippen LogP contribution in [0.2, 0.25) is 0 Å². The fourth-order valence-corrected chi connectivity index (χ4v) is 3.16. The van der Waals surface area contributed by atoms with Crippen molar-refractivity contribution in [3.05, 3.63) is 89.6 Å². The normalized spacial score (nSPS) is 11.7. The van der Waals surface area contributed by atoms with Gasteiger partial charge in [0.2, 0.25) is 0 Å². The van der Waals surface area contributed by atoms with E-state index in [1.807, 2.05) is 0 Å². The molecule has 28 heavy (non-hydrogen) atoms. The molecule has 0 unspecified atom stereocenters. The molecule has 140 valence electrons. The first-order valence-electron chi connectivity index (χ1n) is 8.40. The van der Waals surface area contributed by atoms with E-state index in [0.717, 1.165) is 6.07 Å². The minimum Gasteiger partial charge on any atom is -0.382 e. The molecule has 2 heterocycles. The number of nitrogen functional groups attached to an aromatic ring is 1. The second-order valence-corrected chi connectivity index (χ2v) is 6.23. The van der Waals surface area contributed by atoms with Gasteiger partial charge in [-0.1, -0.05) is 48.5 Å². The van der Waals surface area contributed by atoms with Crippen molar-refractivity contribution < 1.29 is 18.0 Å². The predicted molar refractivity (Wildman–Crippen MR) is 99.9 cm³/mol. The highest BCUT2D eigenvalue weighted by atomic mass is 19.4. The smallest absolute Gasteiger partial charge is 0.382 e. The van der Waals surface area contributed by atoms with E-state index in [2.05, 4.69) is 4.98 Å². The molecular formula is C21H14F3N3O. The Labute approximate surface area is 158 Å². The van der Waals surface area contributed by atoms with Crippen molar-refractivity contribution in [3.8, 4) is 11.3 Å². The van der Waals surface area contributed by atoms with E-state index in [-0.39, 0.29) is 22.9 Å². The van der Waals surface area contributed by atoms with Crippen LogP contribution in [-0.4, -0.2) is 15.2 Å². The standard InChI is InChI=1S/C21H14F3N3O/c22-21(23,24)16-9-5-4-8-15(16)18-20(25)26-17-11-10-14(12-27(17)18)19(28)13-6-2-1-3-7-13/h1-12H,25H2. The minimum absolute atomic E-state index is 0.0407. The molecule has 0 aliphatic heterocycles. The SMILES string of the molecule is Nc1nc2ccc(C(=O)c3ccccc3)cn2c1-c1ccccc1C(F)(F)F. The first-order valence-corrected chi connectivity index (χ1v) is 8.40. The second-order valence-electron chi connectivity index (χ2n) is 6.23. The average Bonchev–Trinajstić information content (AvgIpc) is 3.02. The summed E-state index contributed by atoms with van der Waals surface area (Å²) in [5, 5.41) is 0. The van der Waals surface area contributed by atoms with E-state index in [0.29, 0.717) is 16.8 Å². The lowest BCUT2D eigenvalue weighted by Crippen LogP contribution is -2.08. The van der Waals surface area contributed by atoms with Crippen molar-refractivity contribution in [3.63, 3.8) is 0 Å². The van der Waals surface area contributed by atoms with Gasteiger partial charge in [-0.25, -0.2) is 4.98 Å². The van der Waals surface area contributed by atoms with Crippen LogP contribution in [-0.2, 0) is 6.18 Å². The van der Waals surface area contributed by atoms with Gasteiger partial charge >= 0.3 is 6.18 Å². The Morgan fingerprint density at radius 1 is 0.893 bits per heavy atom. The molecule has 4 nitrogen and oxygen atoms in total. The molecular weight excluding hydrogens is 367 g/mol. The van der Waals surface area contributed by atoms with Gasteiger partial charge in [-0.15, -0.1) is 0 Å². The van der Waals surface area contributed by atoms with E-state index >= 15 is 0 Å². The van der Waals surface area contributed by atoms with Crippen LogP contribution in [0.3, 0.4) is 0 Å². The molecule has 0 saturated heterocycles. The Morgan fingerprint density at radius 2 is 1.57 bits per heavy atom. The number of halogens is 3. The van der Waals surface area contributed by atoms with Crippen LogP contribution in [0.4, 0.5) is 19.0 Å². The highest BCUT2D eigenvalue weighted by Gasteiger charge is 2.34. The lowest BCUT2D eigenvalue weighted by Gasteiger charge is -2.13. The van der Waals surface area contributed by atoms with Gasteiger partial charge in [-0.2, -0.15) is 13.2 Å². The number of carbonyl (C=O) groups excluding carboxylic acids is 1. The number of hydrogen-bond donors (Lipinski definition) is 1. The summed E-state index contributed by atoms with van der Waals surface area (Å²) in [5.41, 5.74) is 6.30. The number of imidazole rings is 1. The third kappa shape index (κ3) is 3.00. The number of alkyl halides is 3. The summed E-state index contributed by atoms with van der Waals surface area (Å²) in [7, 11) is 0. The molecule has 4 aromatic rings. The Hall–Kier alpha value is -3.61. The van der Waals surface area contributed by atoms with E-state index in [9.17, 15) is 18.0 Å². The molecule has 0 saturated carbocycles. The third-order valence-electron chi connectivity index (χ3n) is 4.43. The first-order chi connectivity index (χ1) is 13.4. The highest BCUT2D eigenvalue weighted by Crippen LogP contribution is 2.39. The molecule has 2 N–H and O–H groups in total. The maximum absolute atomic E-state index is 13.5. The van der Waals surface area contributed by atoms with Crippen LogP contribution in [0.15, 0.2) is 72.9 Å². The van der Waals surface area contributed by atoms with Crippen LogP contribution in [0, 0.1) is 0 Å². The number of fused-ring (bicyclic) bond motifs is 1. The largest absolute Gasteiger partial charge is 0.417 e. The van der Waals surface area contributed by atoms with E-state index in [4.69, 9.17) is 5.73 Å². The Balaban J connectivity index is 1.92. The summed E-state index contributed by atoms with van der Waals surface area (Å²) >= 11 is 0. The number of hydrogen-bond acceptors (Lipinski definition) is 3. The summed E-state index contributed by atoms with van der Waals surface area (Å²) in [6.45, 7) is 0. The van der Waals surface area contributed by atoms with Gasteiger partial charge in [0, 0.05) is 22.9 Å². The maximum atomic E-state index is 13.5. The molecule has 4 rings (SSSR count). The summed E-state index contributed by atoms with van der Waals surface area (Å²) in [4.78, 5) is 16.9. The average molecular weight is 381 g/mol. The Morgan fingerprint density at radius 3 is 2.29 bits per heavy atom. The van der Waals surface area contributed by atoms with Crippen LogP contribution in [0.25, 0.3) is 16.9 Å². The van der Waals surface area contributed by atoms with Crippen molar-refractivity contribution in [2.24, 2.45) is 0 Å². The fraction of sp³-hybridized carbons (Fsp3) is 0.0476. The van der Waals surface area contributed by atoms with Crippen LogP contribution >= 0.6 is 0 Å².